The van der Waals surface area contributed by atoms with Gasteiger partial charge in [-0.1, -0.05) is 5.16 Å². The Morgan fingerprint density at radius 1 is 1.37 bits per heavy atom. The highest BCUT2D eigenvalue weighted by atomic mass is 19.4. The number of methoxy groups -OCH3 is 2. The minimum Gasteiger partial charge on any atom is -0.409 e. The Morgan fingerprint density at radius 2 is 1.84 bits per heavy atom. The number of halogens is 3. The van der Waals surface area contributed by atoms with Gasteiger partial charge in [0, 0.05) is 33.9 Å². The average molecular weight is 285 g/mol. The molecule has 3 atom stereocenters. The van der Waals surface area contributed by atoms with E-state index < -0.39 is 17.9 Å². The SMILES string of the molecule is COC1CN(CC(C(N)=NO)C(F)(F)F)CC1OC. The third kappa shape index (κ3) is 3.95. The van der Waals surface area contributed by atoms with Gasteiger partial charge in [0.25, 0.3) is 0 Å². The van der Waals surface area contributed by atoms with Crippen LogP contribution in [0.3, 0.4) is 0 Å². The first-order chi connectivity index (χ1) is 8.83. The van der Waals surface area contributed by atoms with Crippen LogP contribution in [0.2, 0.25) is 0 Å². The fourth-order valence-corrected chi connectivity index (χ4v) is 2.11. The first-order valence-electron chi connectivity index (χ1n) is 5.65. The van der Waals surface area contributed by atoms with Gasteiger partial charge in [-0.15, -0.1) is 0 Å². The van der Waals surface area contributed by atoms with Gasteiger partial charge in [0.1, 0.15) is 5.92 Å². The predicted molar refractivity (Wildman–Crippen MR) is 61.0 cm³/mol. The average Bonchev–Trinajstić information content (AvgIpc) is 2.75. The van der Waals surface area contributed by atoms with Crippen LogP contribution in [-0.2, 0) is 9.47 Å². The van der Waals surface area contributed by atoms with Gasteiger partial charge in [-0.05, 0) is 0 Å². The Hall–Kier alpha value is -1.06. The van der Waals surface area contributed by atoms with E-state index in [-0.39, 0.29) is 18.8 Å². The zero-order valence-electron chi connectivity index (χ0n) is 10.7. The van der Waals surface area contributed by atoms with Crippen molar-refractivity contribution in [2.75, 3.05) is 33.9 Å². The maximum atomic E-state index is 12.8. The molecule has 19 heavy (non-hydrogen) atoms. The van der Waals surface area contributed by atoms with Crippen molar-refractivity contribution in [2.45, 2.75) is 18.4 Å². The van der Waals surface area contributed by atoms with Gasteiger partial charge in [-0.2, -0.15) is 13.2 Å². The van der Waals surface area contributed by atoms with E-state index in [9.17, 15) is 13.2 Å². The number of nitrogens with two attached hydrogens (primary N) is 1. The highest BCUT2D eigenvalue weighted by Gasteiger charge is 2.45. The Morgan fingerprint density at radius 3 is 2.16 bits per heavy atom. The van der Waals surface area contributed by atoms with Gasteiger partial charge in [0.15, 0.2) is 5.84 Å². The van der Waals surface area contributed by atoms with Crippen LogP contribution in [0.4, 0.5) is 13.2 Å². The summed E-state index contributed by atoms with van der Waals surface area (Å²) in [6.45, 7) is 0.222. The summed E-state index contributed by atoms with van der Waals surface area (Å²) in [4.78, 5) is 1.53. The minimum absolute atomic E-state index is 0.286. The van der Waals surface area contributed by atoms with Gasteiger partial charge in [-0.25, -0.2) is 0 Å². The molecule has 1 aliphatic rings. The molecule has 1 rings (SSSR count). The van der Waals surface area contributed by atoms with E-state index in [0.717, 1.165) is 0 Å². The summed E-state index contributed by atoms with van der Waals surface area (Å²) in [7, 11) is 2.95. The lowest BCUT2D eigenvalue weighted by molar-refractivity contribution is -0.160. The van der Waals surface area contributed by atoms with E-state index in [1.165, 1.54) is 19.1 Å². The molecule has 3 unspecified atom stereocenters. The molecule has 0 spiro atoms. The van der Waals surface area contributed by atoms with Crippen LogP contribution in [0.15, 0.2) is 5.16 Å². The number of nitrogens with zero attached hydrogens (tertiary/aromatic N) is 2. The molecule has 0 aromatic carbocycles. The number of alkyl halides is 3. The fraction of sp³-hybridized carbons (Fsp3) is 0.900. The van der Waals surface area contributed by atoms with Crippen molar-refractivity contribution in [3.63, 3.8) is 0 Å². The molecule has 0 aromatic rings. The van der Waals surface area contributed by atoms with Crippen LogP contribution in [0.1, 0.15) is 0 Å². The quantitative estimate of drug-likeness (QED) is 0.328. The summed E-state index contributed by atoms with van der Waals surface area (Å²) < 4.78 is 48.7. The van der Waals surface area contributed by atoms with Crippen LogP contribution in [0.5, 0.6) is 0 Å². The van der Waals surface area contributed by atoms with Gasteiger partial charge >= 0.3 is 6.18 Å². The van der Waals surface area contributed by atoms with Gasteiger partial charge in [0.05, 0.1) is 12.2 Å². The van der Waals surface area contributed by atoms with Crippen molar-refractivity contribution >= 4 is 5.84 Å². The summed E-state index contributed by atoms with van der Waals surface area (Å²) in [6.07, 6.45) is -5.14. The monoisotopic (exact) mass is 285 g/mol. The Kier molecular flexibility index (Phi) is 5.39. The number of ether oxygens (including phenoxy) is 2. The Labute approximate surface area is 108 Å². The van der Waals surface area contributed by atoms with Crippen molar-refractivity contribution in [1.82, 2.24) is 4.90 Å². The van der Waals surface area contributed by atoms with Crippen LogP contribution >= 0.6 is 0 Å². The second-order valence-corrected chi connectivity index (χ2v) is 4.39. The zero-order chi connectivity index (χ0) is 14.6. The van der Waals surface area contributed by atoms with Crippen LogP contribution in [0, 0.1) is 5.92 Å². The zero-order valence-corrected chi connectivity index (χ0v) is 10.7. The maximum absolute atomic E-state index is 12.8. The molecule has 0 amide bonds. The van der Waals surface area contributed by atoms with E-state index >= 15 is 0 Å². The molecule has 1 aliphatic heterocycles. The molecule has 1 saturated heterocycles. The van der Waals surface area contributed by atoms with Crippen molar-refractivity contribution < 1.29 is 27.9 Å². The lowest BCUT2D eigenvalue weighted by atomic mass is 10.1. The number of hydrogen-bond acceptors (Lipinski definition) is 5. The standard InChI is InChI=1S/C10H18F3N3O3/c1-18-7-4-16(5-8(7)19-2)3-6(9(14)15-17)10(11,12)13/h6-8,17H,3-5H2,1-2H3,(H2,14,15). The van der Waals surface area contributed by atoms with Crippen LogP contribution in [0.25, 0.3) is 0 Å². The molecule has 0 radical (unpaired) electrons. The van der Waals surface area contributed by atoms with E-state index in [1.54, 1.807) is 0 Å². The summed E-state index contributed by atoms with van der Waals surface area (Å²) in [5.41, 5.74) is 5.11. The first-order valence-corrected chi connectivity index (χ1v) is 5.65. The smallest absolute Gasteiger partial charge is 0.400 e. The second-order valence-electron chi connectivity index (χ2n) is 4.39. The fourth-order valence-electron chi connectivity index (χ4n) is 2.11. The molecule has 0 saturated carbocycles. The number of hydrogen-bond donors (Lipinski definition) is 2. The summed E-state index contributed by atoms with van der Waals surface area (Å²) in [5.74, 6) is -2.85. The van der Waals surface area contributed by atoms with E-state index in [0.29, 0.717) is 13.1 Å². The van der Waals surface area contributed by atoms with Crippen molar-refractivity contribution in [3.8, 4) is 0 Å². The lowest BCUT2D eigenvalue weighted by Crippen LogP contribution is -2.44. The van der Waals surface area contributed by atoms with E-state index in [4.69, 9.17) is 20.4 Å². The van der Waals surface area contributed by atoms with Crippen molar-refractivity contribution in [3.05, 3.63) is 0 Å². The molecule has 0 aliphatic carbocycles. The normalized spacial score (nSPS) is 27.7. The summed E-state index contributed by atoms with van der Waals surface area (Å²) in [6, 6.07) is 0. The summed E-state index contributed by atoms with van der Waals surface area (Å²) in [5, 5.41) is 10.9. The Bertz CT molecular complexity index is 313. The number of likely N-dealkylation sites (tertiary alicyclic amines) is 1. The molecular weight excluding hydrogens is 267 g/mol. The van der Waals surface area contributed by atoms with Crippen molar-refractivity contribution in [2.24, 2.45) is 16.8 Å². The molecule has 0 bridgehead atoms. The molecule has 1 heterocycles. The molecule has 3 N–H and O–H groups in total. The highest BCUT2D eigenvalue weighted by Crippen LogP contribution is 2.28. The third-order valence-electron chi connectivity index (χ3n) is 3.20. The molecule has 112 valence electrons. The number of oxime groups is 1. The largest absolute Gasteiger partial charge is 0.409 e. The molecule has 1 fully saturated rings. The molecule has 9 heteroatoms. The third-order valence-corrected chi connectivity index (χ3v) is 3.20. The predicted octanol–water partition coefficient (Wildman–Crippen LogP) is 0.257. The number of rotatable bonds is 5. The summed E-state index contributed by atoms with van der Waals surface area (Å²) >= 11 is 0. The number of amidine groups is 1. The van der Waals surface area contributed by atoms with Crippen LogP contribution in [-0.4, -0.2) is 68.2 Å². The van der Waals surface area contributed by atoms with Crippen molar-refractivity contribution in [1.29, 1.82) is 0 Å². The van der Waals surface area contributed by atoms with Crippen LogP contribution < -0.4 is 5.73 Å². The van der Waals surface area contributed by atoms with Gasteiger partial charge < -0.3 is 20.4 Å². The topological polar surface area (TPSA) is 80.3 Å². The van der Waals surface area contributed by atoms with E-state index in [1.807, 2.05) is 0 Å². The van der Waals surface area contributed by atoms with E-state index in [2.05, 4.69) is 5.16 Å². The second kappa shape index (κ2) is 6.40. The van der Waals surface area contributed by atoms with Gasteiger partial charge in [-0.3, -0.25) is 4.90 Å². The minimum atomic E-state index is -4.57. The molecule has 6 nitrogen and oxygen atoms in total. The lowest BCUT2D eigenvalue weighted by Gasteiger charge is -2.24. The first kappa shape index (κ1) is 16.0. The molecular formula is C10H18F3N3O3. The Balaban J connectivity index is 2.72. The molecule has 0 aromatic heterocycles. The maximum Gasteiger partial charge on any atom is 0.400 e. The highest BCUT2D eigenvalue weighted by molar-refractivity contribution is 5.83. The van der Waals surface area contributed by atoms with Gasteiger partial charge in [0.2, 0.25) is 0 Å².